The van der Waals surface area contributed by atoms with Crippen LogP contribution in [0.4, 0.5) is 5.69 Å². The summed E-state index contributed by atoms with van der Waals surface area (Å²) in [4.78, 5) is 21.4. The monoisotopic (exact) mass is 453 g/mol. The van der Waals surface area contributed by atoms with Gasteiger partial charge in [0.2, 0.25) is 0 Å². The van der Waals surface area contributed by atoms with Gasteiger partial charge in [-0.2, -0.15) is 0 Å². The number of nitrogens with one attached hydrogen (secondary N) is 1. The van der Waals surface area contributed by atoms with Gasteiger partial charge in [0.05, 0.1) is 16.9 Å². The summed E-state index contributed by atoms with van der Waals surface area (Å²) in [6.45, 7) is 3.87. The first-order valence-corrected chi connectivity index (χ1v) is 10.9. The van der Waals surface area contributed by atoms with Gasteiger partial charge in [0.15, 0.2) is 11.7 Å². The lowest BCUT2D eigenvalue weighted by molar-refractivity contribution is -0.0419. The van der Waals surface area contributed by atoms with Crippen molar-refractivity contribution in [3.05, 3.63) is 100 Å². The fourth-order valence-electron chi connectivity index (χ4n) is 4.19. The fourth-order valence-corrected chi connectivity index (χ4v) is 4.19. The molecule has 3 aromatic carbocycles. The number of hydrogen-bond donors (Lipinski definition) is 3. The van der Waals surface area contributed by atoms with Crippen LogP contribution in [0.2, 0.25) is 0 Å². The van der Waals surface area contributed by atoms with Crippen molar-refractivity contribution in [2.45, 2.75) is 26.2 Å². The third-order valence-corrected chi connectivity index (χ3v) is 5.87. The molecular formula is C27H23N3O4. The van der Waals surface area contributed by atoms with Crippen LogP contribution in [0, 0.1) is 6.92 Å². The maximum atomic E-state index is 13.1. The number of hydrogen-bond acceptors (Lipinski definition) is 7. The van der Waals surface area contributed by atoms with Crippen molar-refractivity contribution < 1.29 is 14.6 Å². The highest BCUT2D eigenvalue weighted by Crippen LogP contribution is 2.32. The number of aliphatic hydroxyl groups excluding tert-OH is 1. The smallest absolute Gasteiger partial charge is 0.193 e. The van der Waals surface area contributed by atoms with E-state index < -0.39 is 6.29 Å². The number of aromatic nitrogens is 2. The van der Waals surface area contributed by atoms with Crippen molar-refractivity contribution in [3.63, 3.8) is 0 Å². The van der Waals surface area contributed by atoms with E-state index in [2.05, 4.69) is 15.3 Å². The molecule has 0 saturated heterocycles. The van der Waals surface area contributed by atoms with E-state index in [1.54, 1.807) is 24.4 Å². The van der Waals surface area contributed by atoms with Crippen LogP contribution in [-0.4, -0.2) is 20.2 Å². The highest BCUT2D eigenvalue weighted by Gasteiger charge is 2.18. The molecule has 34 heavy (non-hydrogen) atoms. The van der Waals surface area contributed by atoms with E-state index in [9.17, 15) is 15.0 Å². The van der Waals surface area contributed by atoms with Gasteiger partial charge in [-0.05, 0) is 37.6 Å². The molecular weight excluding hydrogens is 430 g/mol. The second kappa shape index (κ2) is 8.70. The van der Waals surface area contributed by atoms with Gasteiger partial charge < -0.3 is 19.9 Å². The average molecular weight is 453 g/mol. The maximum absolute atomic E-state index is 13.1. The number of aliphatic hydroxyl groups is 2. The van der Waals surface area contributed by atoms with Crippen molar-refractivity contribution in [3.8, 4) is 11.3 Å². The molecule has 0 aliphatic heterocycles. The normalized spacial score (nSPS) is 12.4. The summed E-state index contributed by atoms with van der Waals surface area (Å²) in [6.07, 6.45) is 1.61. The molecule has 2 aromatic heterocycles. The standard InChI is InChI=1S/C27H23N3O4/c1-15-9-20(16(2)30-22-6-4-3-5-19(22)27(32)33)26-21(10-15)24(31)12-25(34-26)17-7-8-18-13-28-14-29-23(18)11-17/h3-14,16,27,30,32-33H,1-2H3. The molecule has 0 amide bonds. The van der Waals surface area contributed by atoms with E-state index in [0.29, 0.717) is 28.0 Å². The van der Waals surface area contributed by atoms with Crippen LogP contribution in [-0.2, 0) is 0 Å². The van der Waals surface area contributed by atoms with E-state index in [0.717, 1.165) is 27.6 Å². The molecule has 2 heterocycles. The fraction of sp³-hybridized carbons (Fsp3) is 0.148. The molecule has 0 aliphatic rings. The minimum atomic E-state index is -1.61. The summed E-state index contributed by atoms with van der Waals surface area (Å²) < 4.78 is 6.32. The van der Waals surface area contributed by atoms with Crippen molar-refractivity contribution in [1.29, 1.82) is 0 Å². The van der Waals surface area contributed by atoms with E-state index in [-0.39, 0.29) is 11.5 Å². The number of nitrogens with zero attached hydrogens (tertiary/aromatic N) is 2. The molecule has 5 aromatic rings. The Balaban J connectivity index is 1.63. The van der Waals surface area contributed by atoms with Gasteiger partial charge in [-0.25, -0.2) is 9.97 Å². The van der Waals surface area contributed by atoms with Gasteiger partial charge in [0.1, 0.15) is 17.7 Å². The van der Waals surface area contributed by atoms with Gasteiger partial charge in [-0.15, -0.1) is 0 Å². The second-order valence-electron chi connectivity index (χ2n) is 8.33. The predicted octanol–water partition coefficient (Wildman–Crippen LogP) is 4.87. The first-order chi connectivity index (χ1) is 16.4. The number of rotatable bonds is 5. The van der Waals surface area contributed by atoms with Crippen LogP contribution >= 0.6 is 0 Å². The van der Waals surface area contributed by atoms with Crippen LogP contribution < -0.4 is 10.7 Å². The number of anilines is 1. The van der Waals surface area contributed by atoms with Gasteiger partial charge >= 0.3 is 0 Å². The maximum Gasteiger partial charge on any atom is 0.193 e. The lowest BCUT2D eigenvalue weighted by Gasteiger charge is -2.20. The average Bonchev–Trinajstić information content (AvgIpc) is 2.83. The Morgan fingerprint density at radius 2 is 1.82 bits per heavy atom. The first kappa shape index (κ1) is 21.8. The van der Waals surface area contributed by atoms with Crippen molar-refractivity contribution in [2.75, 3.05) is 5.32 Å². The summed E-state index contributed by atoms with van der Waals surface area (Å²) in [5, 5.41) is 24.2. The summed E-state index contributed by atoms with van der Waals surface area (Å²) in [7, 11) is 0. The van der Waals surface area contributed by atoms with Crippen LogP contribution in [0.5, 0.6) is 0 Å². The summed E-state index contributed by atoms with van der Waals surface area (Å²) in [6, 6.07) is 17.6. The minimum Gasteiger partial charge on any atom is -0.455 e. The van der Waals surface area contributed by atoms with Crippen LogP contribution in [0.1, 0.15) is 35.9 Å². The summed E-state index contributed by atoms with van der Waals surface area (Å²) in [5.41, 5.74) is 4.52. The molecule has 3 N–H and O–H groups in total. The lowest BCUT2D eigenvalue weighted by atomic mass is 10.00. The summed E-state index contributed by atoms with van der Waals surface area (Å²) in [5.74, 6) is 0.446. The van der Waals surface area contributed by atoms with Gasteiger partial charge in [0.25, 0.3) is 0 Å². The predicted molar refractivity (Wildman–Crippen MR) is 131 cm³/mol. The zero-order chi connectivity index (χ0) is 23.8. The first-order valence-electron chi connectivity index (χ1n) is 10.9. The van der Waals surface area contributed by atoms with Gasteiger partial charge in [-0.3, -0.25) is 4.79 Å². The molecule has 0 bridgehead atoms. The number of fused-ring (bicyclic) bond motifs is 2. The van der Waals surface area contributed by atoms with Gasteiger partial charge in [0, 0.05) is 40.0 Å². The molecule has 0 fully saturated rings. The zero-order valence-electron chi connectivity index (χ0n) is 18.7. The largest absolute Gasteiger partial charge is 0.455 e. The van der Waals surface area contributed by atoms with Crippen LogP contribution in [0.3, 0.4) is 0 Å². The van der Waals surface area contributed by atoms with E-state index in [1.165, 1.54) is 12.4 Å². The van der Waals surface area contributed by atoms with Crippen LogP contribution in [0.25, 0.3) is 33.2 Å². The van der Waals surface area contributed by atoms with E-state index in [4.69, 9.17) is 4.42 Å². The molecule has 7 heteroatoms. The molecule has 5 rings (SSSR count). The highest BCUT2D eigenvalue weighted by molar-refractivity contribution is 5.86. The Labute approximate surface area is 195 Å². The van der Waals surface area contributed by atoms with Crippen molar-refractivity contribution in [1.82, 2.24) is 9.97 Å². The van der Waals surface area contributed by atoms with Gasteiger partial charge in [-0.1, -0.05) is 36.4 Å². The molecule has 1 unspecified atom stereocenters. The van der Waals surface area contributed by atoms with Crippen molar-refractivity contribution in [2.24, 2.45) is 0 Å². The SMILES string of the molecule is Cc1cc(C(C)Nc2ccccc2C(O)O)c2oc(-c3ccc4cncnc4c3)cc(=O)c2c1. The van der Waals surface area contributed by atoms with Crippen LogP contribution in [0.15, 0.2) is 82.4 Å². The third-order valence-electron chi connectivity index (χ3n) is 5.87. The highest BCUT2D eigenvalue weighted by atomic mass is 16.5. The lowest BCUT2D eigenvalue weighted by Crippen LogP contribution is -2.12. The van der Waals surface area contributed by atoms with E-state index in [1.807, 2.05) is 50.2 Å². The summed E-state index contributed by atoms with van der Waals surface area (Å²) >= 11 is 0. The zero-order valence-corrected chi connectivity index (χ0v) is 18.7. The minimum absolute atomic E-state index is 0.137. The Bertz CT molecular complexity index is 1580. The molecule has 0 aliphatic carbocycles. The molecule has 170 valence electrons. The quantitative estimate of drug-likeness (QED) is 0.326. The van der Waals surface area contributed by atoms with Crippen molar-refractivity contribution >= 4 is 27.6 Å². The Morgan fingerprint density at radius 3 is 2.65 bits per heavy atom. The Morgan fingerprint density at radius 1 is 1.00 bits per heavy atom. The van der Waals surface area contributed by atoms with E-state index >= 15 is 0 Å². The second-order valence-corrected chi connectivity index (χ2v) is 8.33. The number of para-hydroxylation sites is 1. The topological polar surface area (TPSA) is 108 Å². The molecule has 0 saturated carbocycles. The third kappa shape index (κ3) is 4.03. The Hall–Kier alpha value is -4.07. The molecule has 0 radical (unpaired) electrons. The Kier molecular flexibility index (Phi) is 5.57. The number of aryl methyl sites for hydroxylation is 1. The number of benzene rings is 3. The molecule has 7 nitrogen and oxygen atoms in total. The molecule has 1 atom stereocenters. The molecule has 0 spiro atoms.